The average Bonchev–Trinajstić information content (AvgIpc) is 2.96. The van der Waals surface area contributed by atoms with E-state index in [4.69, 9.17) is 5.11 Å². The highest BCUT2D eigenvalue weighted by atomic mass is 16.4. The second-order valence-corrected chi connectivity index (χ2v) is 6.52. The third kappa shape index (κ3) is 3.95. The van der Waals surface area contributed by atoms with Crippen LogP contribution < -0.4 is 5.32 Å². The molecule has 0 saturated heterocycles. The summed E-state index contributed by atoms with van der Waals surface area (Å²) in [5.41, 5.74) is -0.343. The summed E-state index contributed by atoms with van der Waals surface area (Å²) in [4.78, 5) is 23.1. The van der Waals surface area contributed by atoms with Gasteiger partial charge in [0, 0.05) is 18.9 Å². The van der Waals surface area contributed by atoms with E-state index >= 15 is 0 Å². The fourth-order valence-corrected chi connectivity index (χ4v) is 3.77. The molecule has 3 N–H and O–H groups in total. The number of hydrogen-bond acceptors (Lipinski definition) is 3. The summed E-state index contributed by atoms with van der Waals surface area (Å²) in [6.07, 6.45) is 6.60. The zero-order valence-corrected chi connectivity index (χ0v) is 11.9. The molecule has 0 aromatic carbocycles. The molecule has 0 aliphatic heterocycles. The van der Waals surface area contributed by atoms with E-state index < -0.39 is 5.97 Å². The van der Waals surface area contributed by atoms with Crippen LogP contribution in [0, 0.1) is 11.3 Å². The molecule has 20 heavy (non-hydrogen) atoms. The Morgan fingerprint density at radius 2 is 1.80 bits per heavy atom. The maximum Gasteiger partial charge on any atom is 0.303 e. The van der Waals surface area contributed by atoms with Gasteiger partial charge in [0.25, 0.3) is 0 Å². The molecule has 2 atom stereocenters. The molecule has 1 amide bonds. The molecular formula is C15H25NO4. The van der Waals surface area contributed by atoms with Crippen LogP contribution in [0.25, 0.3) is 0 Å². The Morgan fingerprint density at radius 1 is 1.10 bits per heavy atom. The normalized spacial score (nSPS) is 28.4. The van der Waals surface area contributed by atoms with Gasteiger partial charge >= 0.3 is 5.97 Å². The summed E-state index contributed by atoms with van der Waals surface area (Å²) in [5, 5.41) is 21.6. The lowest BCUT2D eigenvalue weighted by atomic mass is 9.79. The summed E-state index contributed by atoms with van der Waals surface area (Å²) >= 11 is 0. The van der Waals surface area contributed by atoms with E-state index in [0.717, 1.165) is 44.9 Å². The van der Waals surface area contributed by atoms with E-state index in [9.17, 15) is 14.7 Å². The highest BCUT2D eigenvalue weighted by Crippen LogP contribution is 2.44. The van der Waals surface area contributed by atoms with Crippen LogP contribution in [0.15, 0.2) is 0 Å². The van der Waals surface area contributed by atoms with E-state index in [2.05, 4.69) is 5.32 Å². The van der Waals surface area contributed by atoms with Gasteiger partial charge in [-0.3, -0.25) is 9.59 Å². The maximum absolute atomic E-state index is 12.1. The number of aliphatic hydroxyl groups excluding tert-OH is 1. The number of aliphatic hydroxyl groups is 1. The molecule has 2 saturated carbocycles. The minimum absolute atomic E-state index is 0.0627. The first-order valence-electron chi connectivity index (χ1n) is 7.67. The molecule has 0 aromatic heterocycles. The first kappa shape index (κ1) is 15.3. The molecule has 2 fully saturated rings. The number of carboxylic acids is 1. The first-order valence-corrected chi connectivity index (χ1v) is 7.67. The number of rotatable bonds is 6. The van der Waals surface area contributed by atoms with Gasteiger partial charge in [-0.1, -0.05) is 19.3 Å². The molecule has 5 nitrogen and oxygen atoms in total. The van der Waals surface area contributed by atoms with Crippen molar-refractivity contribution in [1.29, 1.82) is 0 Å². The summed E-state index contributed by atoms with van der Waals surface area (Å²) < 4.78 is 0. The third-order valence-corrected chi connectivity index (χ3v) is 4.91. The zero-order chi connectivity index (χ0) is 14.6. The van der Waals surface area contributed by atoms with Crippen LogP contribution in [0.2, 0.25) is 0 Å². The summed E-state index contributed by atoms with van der Waals surface area (Å²) in [6.45, 7) is 0.517. The zero-order valence-electron chi connectivity index (χ0n) is 11.9. The molecule has 0 radical (unpaired) electrons. The van der Waals surface area contributed by atoms with Crippen LogP contribution in [0.4, 0.5) is 0 Å². The van der Waals surface area contributed by atoms with Crippen molar-refractivity contribution < 1.29 is 19.8 Å². The second kappa shape index (κ2) is 6.57. The van der Waals surface area contributed by atoms with E-state index in [1.165, 1.54) is 0 Å². The van der Waals surface area contributed by atoms with Crippen LogP contribution in [-0.4, -0.2) is 34.7 Å². The van der Waals surface area contributed by atoms with E-state index in [1.807, 2.05) is 0 Å². The largest absolute Gasteiger partial charge is 0.481 e. The summed E-state index contributed by atoms with van der Waals surface area (Å²) in [5.74, 6) is -0.712. The minimum atomic E-state index is -0.814. The maximum atomic E-state index is 12.1. The third-order valence-electron chi connectivity index (χ3n) is 4.91. The number of carboxylic acid groups (broad SMARTS) is 1. The molecule has 0 heterocycles. The topological polar surface area (TPSA) is 86.6 Å². The predicted molar refractivity (Wildman–Crippen MR) is 74.1 cm³/mol. The standard InChI is InChI=1S/C15H25NO4/c17-12-5-3-4-11(12)10-16-13(18)8-15(9-14(19)20)6-1-2-7-15/h11-12,17H,1-10H2,(H,16,18)(H,19,20). The first-order chi connectivity index (χ1) is 9.51. The highest BCUT2D eigenvalue weighted by molar-refractivity contribution is 5.78. The van der Waals surface area contributed by atoms with Crippen molar-refractivity contribution in [3.63, 3.8) is 0 Å². The Labute approximate surface area is 119 Å². The van der Waals surface area contributed by atoms with Gasteiger partial charge in [-0.15, -0.1) is 0 Å². The fraction of sp³-hybridized carbons (Fsp3) is 0.867. The Kier molecular flexibility index (Phi) is 5.02. The Bertz CT molecular complexity index is 363. The molecule has 2 aliphatic rings. The summed E-state index contributed by atoms with van der Waals surface area (Å²) in [7, 11) is 0. The monoisotopic (exact) mass is 283 g/mol. The molecule has 2 unspecified atom stereocenters. The van der Waals surface area contributed by atoms with Gasteiger partial charge in [-0.25, -0.2) is 0 Å². The van der Waals surface area contributed by atoms with Gasteiger partial charge in [-0.05, 0) is 31.1 Å². The van der Waals surface area contributed by atoms with Crippen molar-refractivity contribution in [2.75, 3.05) is 6.54 Å². The SMILES string of the molecule is O=C(O)CC1(CC(=O)NCC2CCCC2O)CCCC1. The smallest absolute Gasteiger partial charge is 0.303 e. The van der Waals surface area contributed by atoms with Crippen molar-refractivity contribution in [3.05, 3.63) is 0 Å². The van der Waals surface area contributed by atoms with Gasteiger partial charge in [0.05, 0.1) is 12.5 Å². The van der Waals surface area contributed by atoms with E-state index in [-0.39, 0.29) is 29.8 Å². The lowest BCUT2D eigenvalue weighted by Gasteiger charge is -2.26. The number of carbonyl (C=O) groups excluding carboxylic acids is 1. The molecular weight excluding hydrogens is 258 g/mol. The van der Waals surface area contributed by atoms with Gasteiger partial charge in [-0.2, -0.15) is 0 Å². The van der Waals surface area contributed by atoms with Crippen LogP contribution in [0.1, 0.15) is 57.8 Å². The lowest BCUT2D eigenvalue weighted by Crippen LogP contribution is -2.36. The molecule has 0 aromatic rings. The van der Waals surface area contributed by atoms with Crippen LogP contribution in [0.3, 0.4) is 0 Å². The van der Waals surface area contributed by atoms with Gasteiger partial charge in [0.15, 0.2) is 0 Å². The fourth-order valence-electron chi connectivity index (χ4n) is 3.77. The molecule has 2 aliphatic carbocycles. The number of aliphatic carboxylic acids is 1. The second-order valence-electron chi connectivity index (χ2n) is 6.52. The Morgan fingerprint density at radius 3 is 2.35 bits per heavy atom. The average molecular weight is 283 g/mol. The summed E-state index contributed by atoms with van der Waals surface area (Å²) in [6, 6.07) is 0. The van der Waals surface area contributed by atoms with Crippen molar-refractivity contribution in [2.24, 2.45) is 11.3 Å². The Balaban J connectivity index is 1.81. The molecule has 114 valence electrons. The Hall–Kier alpha value is -1.10. The molecule has 2 rings (SSSR count). The van der Waals surface area contributed by atoms with Crippen molar-refractivity contribution in [1.82, 2.24) is 5.32 Å². The molecule has 0 spiro atoms. The lowest BCUT2D eigenvalue weighted by molar-refractivity contribution is -0.140. The predicted octanol–water partition coefficient (Wildman–Crippen LogP) is 1.69. The quantitative estimate of drug-likeness (QED) is 0.692. The molecule has 5 heteroatoms. The van der Waals surface area contributed by atoms with Crippen LogP contribution in [0.5, 0.6) is 0 Å². The van der Waals surface area contributed by atoms with E-state index in [0.29, 0.717) is 13.0 Å². The van der Waals surface area contributed by atoms with Gasteiger partial charge < -0.3 is 15.5 Å². The number of carbonyl (C=O) groups is 2. The van der Waals surface area contributed by atoms with Crippen molar-refractivity contribution in [2.45, 2.75) is 63.9 Å². The van der Waals surface area contributed by atoms with E-state index in [1.54, 1.807) is 0 Å². The number of hydrogen-bond donors (Lipinski definition) is 3. The van der Waals surface area contributed by atoms with Crippen LogP contribution in [-0.2, 0) is 9.59 Å². The number of amides is 1. The van der Waals surface area contributed by atoms with Crippen molar-refractivity contribution in [3.8, 4) is 0 Å². The van der Waals surface area contributed by atoms with Gasteiger partial charge in [0.2, 0.25) is 5.91 Å². The van der Waals surface area contributed by atoms with Crippen molar-refractivity contribution >= 4 is 11.9 Å². The number of nitrogens with one attached hydrogen (secondary N) is 1. The highest BCUT2D eigenvalue weighted by Gasteiger charge is 2.38. The van der Waals surface area contributed by atoms with Gasteiger partial charge in [0.1, 0.15) is 0 Å². The minimum Gasteiger partial charge on any atom is -0.481 e. The molecule has 0 bridgehead atoms. The van der Waals surface area contributed by atoms with Crippen LogP contribution >= 0.6 is 0 Å².